The Balaban J connectivity index is 1.62. The van der Waals surface area contributed by atoms with Gasteiger partial charge in [-0.3, -0.25) is 4.72 Å². The van der Waals surface area contributed by atoms with Crippen LogP contribution in [0.4, 0.5) is 5.82 Å². The fourth-order valence-electron chi connectivity index (χ4n) is 2.98. The molecule has 1 aliphatic rings. The lowest BCUT2D eigenvalue weighted by Gasteiger charge is -2.31. The molecule has 0 atom stereocenters. The van der Waals surface area contributed by atoms with Gasteiger partial charge < -0.3 is 0 Å². The number of rotatable bonds is 4. The molecule has 1 aromatic heterocycles. The second-order valence-electron chi connectivity index (χ2n) is 6.24. The molecule has 130 valence electrons. The molecule has 1 aromatic carbocycles. The second-order valence-corrected chi connectivity index (χ2v) is 7.91. The van der Waals surface area contributed by atoms with Crippen molar-refractivity contribution >= 4 is 16.0 Å². The van der Waals surface area contributed by atoms with E-state index in [1.165, 1.54) is 4.31 Å². The summed E-state index contributed by atoms with van der Waals surface area (Å²) in [4.78, 5) is 4.09. The summed E-state index contributed by atoms with van der Waals surface area (Å²) >= 11 is 0. The molecule has 0 spiro atoms. The van der Waals surface area contributed by atoms with Crippen molar-refractivity contribution in [2.24, 2.45) is 0 Å². The van der Waals surface area contributed by atoms with Crippen molar-refractivity contribution in [3.63, 3.8) is 0 Å². The van der Waals surface area contributed by atoms with E-state index in [2.05, 4.69) is 15.8 Å². The molecule has 6 nitrogen and oxygen atoms in total. The molecule has 7 heteroatoms. The Bertz CT molecular complexity index is 863. The molecule has 0 radical (unpaired) electrons. The SMILES string of the molecule is Cc1ccc(NS(=O)(=O)N2CCC(c3ccc(C#N)cc3)CC2)nc1. The average Bonchev–Trinajstić information content (AvgIpc) is 2.64. The molecule has 1 fully saturated rings. The van der Waals surface area contributed by atoms with Crippen LogP contribution in [0.25, 0.3) is 0 Å². The first kappa shape index (κ1) is 17.4. The predicted molar refractivity (Wildman–Crippen MR) is 96.2 cm³/mol. The summed E-state index contributed by atoms with van der Waals surface area (Å²) in [7, 11) is -3.59. The quantitative estimate of drug-likeness (QED) is 0.913. The number of anilines is 1. The van der Waals surface area contributed by atoms with E-state index < -0.39 is 10.2 Å². The Morgan fingerprint density at radius 1 is 1.16 bits per heavy atom. The summed E-state index contributed by atoms with van der Waals surface area (Å²) in [5.41, 5.74) is 2.77. The molecule has 0 saturated carbocycles. The number of piperidine rings is 1. The number of nitriles is 1. The van der Waals surface area contributed by atoms with E-state index in [9.17, 15) is 8.42 Å². The maximum atomic E-state index is 12.5. The third-order valence-corrected chi connectivity index (χ3v) is 5.96. The van der Waals surface area contributed by atoms with Crippen LogP contribution >= 0.6 is 0 Å². The van der Waals surface area contributed by atoms with E-state index in [1.54, 1.807) is 12.3 Å². The van der Waals surface area contributed by atoms with Crippen molar-refractivity contribution in [2.45, 2.75) is 25.7 Å². The average molecular weight is 356 g/mol. The van der Waals surface area contributed by atoms with Gasteiger partial charge in [-0.15, -0.1) is 0 Å². The van der Waals surface area contributed by atoms with Crippen LogP contribution in [-0.2, 0) is 10.2 Å². The molecular weight excluding hydrogens is 336 g/mol. The summed E-state index contributed by atoms with van der Waals surface area (Å²) < 4.78 is 29.0. The lowest BCUT2D eigenvalue weighted by atomic mass is 9.90. The lowest BCUT2D eigenvalue weighted by molar-refractivity contribution is 0.321. The van der Waals surface area contributed by atoms with E-state index in [-0.39, 0.29) is 0 Å². The summed E-state index contributed by atoms with van der Waals surface area (Å²) in [5.74, 6) is 0.650. The molecule has 0 aliphatic carbocycles. The fourth-order valence-corrected chi connectivity index (χ4v) is 4.19. The number of pyridine rings is 1. The number of aromatic nitrogens is 1. The van der Waals surface area contributed by atoms with Crippen molar-refractivity contribution in [1.82, 2.24) is 9.29 Å². The van der Waals surface area contributed by atoms with Crippen LogP contribution in [0.2, 0.25) is 0 Å². The normalized spacial score (nSPS) is 16.3. The van der Waals surface area contributed by atoms with Gasteiger partial charge in [-0.1, -0.05) is 18.2 Å². The standard InChI is InChI=1S/C18H20N4O2S/c1-14-2-7-18(20-13-14)21-25(23,24)22-10-8-17(9-11-22)16-5-3-15(12-19)4-6-16/h2-7,13,17H,8-11H2,1H3,(H,20,21). The zero-order chi connectivity index (χ0) is 17.9. The van der Waals surface area contributed by atoms with Crippen molar-refractivity contribution in [3.8, 4) is 6.07 Å². The van der Waals surface area contributed by atoms with Crippen molar-refractivity contribution in [3.05, 3.63) is 59.3 Å². The maximum Gasteiger partial charge on any atom is 0.302 e. The van der Waals surface area contributed by atoms with Gasteiger partial charge in [0.2, 0.25) is 0 Å². The van der Waals surface area contributed by atoms with Gasteiger partial charge in [-0.25, -0.2) is 4.98 Å². The second kappa shape index (κ2) is 7.21. The first-order valence-corrected chi connectivity index (χ1v) is 9.62. The highest BCUT2D eigenvalue weighted by Crippen LogP contribution is 2.29. The number of nitrogens with zero attached hydrogens (tertiary/aromatic N) is 3. The van der Waals surface area contributed by atoms with Crippen LogP contribution in [0, 0.1) is 18.3 Å². The van der Waals surface area contributed by atoms with Crippen LogP contribution in [0.5, 0.6) is 0 Å². The minimum absolute atomic E-state index is 0.316. The van der Waals surface area contributed by atoms with E-state index in [4.69, 9.17) is 5.26 Å². The molecule has 3 rings (SSSR count). The fraction of sp³-hybridized carbons (Fsp3) is 0.333. The highest BCUT2D eigenvalue weighted by atomic mass is 32.2. The summed E-state index contributed by atoms with van der Waals surface area (Å²) in [6.45, 7) is 2.83. The predicted octanol–water partition coefficient (Wildman–Crippen LogP) is 2.80. The van der Waals surface area contributed by atoms with Crippen LogP contribution in [0.15, 0.2) is 42.6 Å². The minimum Gasteiger partial charge on any atom is -0.254 e. The van der Waals surface area contributed by atoms with Crippen molar-refractivity contribution in [1.29, 1.82) is 5.26 Å². The Labute approximate surface area is 148 Å². The van der Waals surface area contributed by atoms with Crippen LogP contribution in [0.1, 0.15) is 35.4 Å². The number of nitrogens with one attached hydrogen (secondary N) is 1. The number of hydrogen-bond acceptors (Lipinski definition) is 4. The molecule has 1 N–H and O–H groups in total. The van der Waals surface area contributed by atoms with Gasteiger partial charge in [0.05, 0.1) is 11.6 Å². The molecule has 1 aliphatic heterocycles. The minimum atomic E-state index is -3.59. The van der Waals surface area contributed by atoms with Gasteiger partial charge in [-0.05, 0) is 55.0 Å². The number of benzene rings is 1. The molecule has 0 bridgehead atoms. The third-order valence-electron chi connectivity index (χ3n) is 4.45. The topological polar surface area (TPSA) is 86.1 Å². The molecular formula is C18H20N4O2S. The Hall–Kier alpha value is -2.43. The van der Waals surface area contributed by atoms with Gasteiger partial charge in [0, 0.05) is 19.3 Å². The van der Waals surface area contributed by atoms with E-state index in [0.29, 0.717) is 30.4 Å². The largest absolute Gasteiger partial charge is 0.302 e. The Kier molecular flexibility index (Phi) is 5.02. The number of hydrogen-bond donors (Lipinski definition) is 1. The molecule has 25 heavy (non-hydrogen) atoms. The molecule has 2 heterocycles. The van der Waals surface area contributed by atoms with E-state index in [1.807, 2.05) is 37.3 Å². The highest BCUT2D eigenvalue weighted by molar-refractivity contribution is 7.90. The van der Waals surface area contributed by atoms with Crippen LogP contribution in [-0.4, -0.2) is 30.8 Å². The van der Waals surface area contributed by atoms with Gasteiger partial charge >= 0.3 is 10.2 Å². The highest BCUT2D eigenvalue weighted by Gasteiger charge is 2.28. The Morgan fingerprint density at radius 3 is 2.40 bits per heavy atom. The smallest absolute Gasteiger partial charge is 0.254 e. The summed E-state index contributed by atoms with van der Waals surface area (Å²) in [6, 6.07) is 13.1. The van der Waals surface area contributed by atoms with Crippen LogP contribution in [0.3, 0.4) is 0 Å². The van der Waals surface area contributed by atoms with E-state index in [0.717, 1.165) is 24.0 Å². The molecule has 0 amide bonds. The first-order chi connectivity index (χ1) is 12.0. The third kappa shape index (κ3) is 4.16. The van der Waals surface area contributed by atoms with Gasteiger partial charge in [-0.2, -0.15) is 18.0 Å². The molecule has 1 saturated heterocycles. The molecule has 0 unspecified atom stereocenters. The maximum absolute atomic E-state index is 12.5. The summed E-state index contributed by atoms with van der Waals surface area (Å²) in [6.07, 6.45) is 3.15. The van der Waals surface area contributed by atoms with Crippen molar-refractivity contribution in [2.75, 3.05) is 17.8 Å². The van der Waals surface area contributed by atoms with Gasteiger partial charge in [0.1, 0.15) is 5.82 Å². The monoisotopic (exact) mass is 356 g/mol. The van der Waals surface area contributed by atoms with E-state index >= 15 is 0 Å². The zero-order valence-corrected chi connectivity index (χ0v) is 14.8. The number of aryl methyl sites for hydroxylation is 1. The van der Waals surface area contributed by atoms with Crippen LogP contribution < -0.4 is 4.72 Å². The zero-order valence-electron chi connectivity index (χ0n) is 14.0. The van der Waals surface area contributed by atoms with Crippen molar-refractivity contribution < 1.29 is 8.42 Å². The first-order valence-electron chi connectivity index (χ1n) is 8.18. The summed E-state index contributed by atoms with van der Waals surface area (Å²) in [5, 5.41) is 8.86. The van der Waals surface area contributed by atoms with Gasteiger partial charge in [0.25, 0.3) is 0 Å². The lowest BCUT2D eigenvalue weighted by Crippen LogP contribution is -2.41. The Morgan fingerprint density at radius 2 is 1.84 bits per heavy atom. The molecule has 2 aromatic rings. The van der Waals surface area contributed by atoms with Gasteiger partial charge in [0.15, 0.2) is 0 Å².